The van der Waals surface area contributed by atoms with E-state index >= 15 is 0 Å². The number of hydrogen-bond donors (Lipinski definition) is 1. The van der Waals surface area contributed by atoms with Crippen molar-refractivity contribution in [2.24, 2.45) is 0 Å². The quantitative estimate of drug-likeness (QED) is 0.813. The van der Waals surface area contributed by atoms with Crippen LogP contribution in [-0.2, 0) is 10.0 Å². The van der Waals surface area contributed by atoms with Crippen molar-refractivity contribution in [3.05, 3.63) is 12.4 Å². The van der Waals surface area contributed by atoms with Crippen molar-refractivity contribution in [3.63, 3.8) is 0 Å². The lowest BCUT2D eigenvalue weighted by atomic mass is 10.3. The highest BCUT2D eigenvalue weighted by Crippen LogP contribution is 2.12. The summed E-state index contributed by atoms with van der Waals surface area (Å²) in [5, 5.41) is 0. The molecule has 90 valence electrons. The Morgan fingerprint density at radius 1 is 1.38 bits per heavy atom. The Kier molecular flexibility index (Phi) is 4.19. The normalized spacial score (nSPS) is 11.9. The van der Waals surface area contributed by atoms with E-state index in [9.17, 15) is 8.42 Å². The summed E-state index contributed by atoms with van der Waals surface area (Å²) in [6.07, 6.45) is 4.21. The maximum Gasteiger partial charge on any atom is 0.245 e. The molecule has 7 heteroatoms. The molecule has 0 saturated carbocycles. The van der Waals surface area contributed by atoms with Gasteiger partial charge >= 0.3 is 0 Å². The summed E-state index contributed by atoms with van der Waals surface area (Å²) >= 11 is 0. The predicted molar refractivity (Wildman–Crippen MR) is 61.2 cm³/mol. The Hall–Kier alpha value is -1.21. The summed E-state index contributed by atoms with van der Waals surface area (Å²) in [6.45, 7) is 2.50. The first kappa shape index (κ1) is 12.9. The number of hydrogen-bond acceptors (Lipinski definition) is 5. The van der Waals surface area contributed by atoms with E-state index in [1.54, 1.807) is 7.05 Å². The summed E-state index contributed by atoms with van der Waals surface area (Å²) in [4.78, 5) is 7.41. The number of anilines is 1. The van der Waals surface area contributed by atoms with Gasteiger partial charge in [0.15, 0.2) is 0 Å². The standard InChI is InChI=1S/C9H16N4O2S/c1-3-4-5-13(2)16(14,15)8-6-11-9(10)12-7-8/h6-7H,3-5H2,1-2H3,(H2,10,11,12). The Bertz CT molecular complexity index is 429. The lowest BCUT2D eigenvalue weighted by molar-refractivity contribution is 0.459. The second-order valence-corrected chi connectivity index (χ2v) is 5.50. The molecular formula is C9H16N4O2S. The molecule has 0 spiro atoms. The topological polar surface area (TPSA) is 89.2 Å². The number of nitrogens with two attached hydrogens (primary N) is 1. The third-order valence-electron chi connectivity index (χ3n) is 2.18. The van der Waals surface area contributed by atoms with Crippen LogP contribution in [0.4, 0.5) is 5.95 Å². The fourth-order valence-corrected chi connectivity index (χ4v) is 2.24. The zero-order valence-corrected chi connectivity index (χ0v) is 10.2. The minimum absolute atomic E-state index is 0.0650. The van der Waals surface area contributed by atoms with Gasteiger partial charge in [0, 0.05) is 13.6 Å². The van der Waals surface area contributed by atoms with Gasteiger partial charge in [-0.05, 0) is 6.42 Å². The van der Waals surface area contributed by atoms with E-state index in [0.29, 0.717) is 6.54 Å². The third-order valence-corrected chi connectivity index (χ3v) is 3.99. The van der Waals surface area contributed by atoms with Crippen LogP contribution >= 0.6 is 0 Å². The highest BCUT2D eigenvalue weighted by molar-refractivity contribution is 7.89. The lowest BCUT2D eigenvalue weighted by Gasteiger charge is -2.16. The summed E-state index contributed by atoms with van der Waals surface area (Å²) in [5.74, 6) is 0.0650. The summed E-state index contributed by atoms with van der Waals surface area (Å²) < 4.78 is 25.2. The van der Waals surface area contributed by atoms with Gasteiger partial charge < -0.3 is 5.73 Å². The average Bonchev–Trinajstić information content (AvgIpc) is 2.26. The predicted octanol–water partition coefficient (Wildman–Crippen LogP) is 0.479. The number of unbranched alkanes of at least 4 members (excludes halogenated alkanes) is 1. The zero-order valence-electron chi connectivity index (χ0n) is 9.42. The van der Waals surface area contributed by atoms with Crippen LogP contribution in [0.3, 0.4) is 0 Å². The van der Waals surface area contributed by atoms with Gasteiger partial charge in [-0.3, -0.25) is 0 Å². The molecule has 0 fully saturated rings. The van der Waals surface area contributed by atoms with Crippen molar-refractivity contribution in [2.45, 2.75) is 24.7 Å². The number of nitrogen functional groups attached to an aromatic ring is 1. The molecule has 0 amide bonds. The van der Waals surface area contributed by atoms with E-state index in [1.807, 2.05) is 6.92 Å². The van der Waals surface area contributed by atoms with Crippen LogP contribution in [0.25, 0.3) is 0 Å². The van der Waals surface area contributed by atoms with Crippen molar-refractivity contribution >= 4 is 16.0 Å². The number of aromatic nitrogens is 2. The molecule has 0 aromatic carbocycles. The summed E-state index contributed by atoms with van der Waals surface area (Å²) in [5.41, 5.74) is 5.30. The minimum Gasteiger partial charge on any atom is -0.368 e. The van der Waals surface area contributed by atoms with E-state index < -0.39 is 10.0 Å². The van der Waals surface area contributed by atoms with Gasteiger partial charge in [-0.15, -0.1) is 0 Å². The second kappa shape index (κ2) is 5.22. The van der Waals surface area contributed by atoms with Gasteiger partial charge in [-0.2, -0.15) is 0 Å². The Balaban J connectivity index is 2.89. The zero-order chi connectivity index (χ0) is 12.2. The first-order valence-corrected chi connectivity index (χ1v) is 6.46. The number of nitrogens with zero attached hydrogens (tertiary/aromatic N) is 3. The van der Waals surface area contributed by atoms with Crippen LogP contribution in [0.2, 0.25) is 0 Å². The van der Waals surface area contributed by atoms with Crippen LogP contribution in [0.1, 0.15) is 19.8 Å². The van der Waals surface area contributed by atoms with Gasteiger partial charge in [0.25, 0.3) is 0 Å². The molecule has 0 atom stereocenters. The Morgan fingerprint density at radius 3 is 2.44 bits per heavy atom. The molecule has 1 heterocycles. The first-order valence-electron chi connectivity index (χ1n) is 5.02. The Labute approximate surface area is 95.6 Å². The molecule has 0 radical (unpaired) electrons. The first-order chi connectivity index (χ1) is 7.48. The van der Waals surface area contributed by atoms with E-state index in [-0.39, 0.29) is 10.8 Å². The molecular weight excluding hydrogens is 228 g/mol. The molecule has 2 N–H and O–H groups in total. The van der Waals surface area contributed by atoms with E-state index in [1.165, 1.54) is 16.7 Å². The fraction of sp³-hybridized carbons (Fsp3) is 0.556. The molecule has 6 nitrogen and oxygen atoms in total. The largest absolute Gasteiger partial charge is 0.368 e. The van der Waals surface area contributed by atoms with Crippen LogP contribution in [0.15, 0.2) is 17.3 Å². The van der Waals surface area contributed by atoms with Crippen molar-refractivity contribution in [3.8, 4) is 0 Å². The maximum atomic E-state index is 12.0. The van der Waals surface area contributed by atoms with Crippen molar-refractivity contribution in [2.75, 3.05) is 19.3 Å². The molecule has 1 rings (SSSR count). The average molecular weight is 244 g/mol. The molecule has 0 aliphatic rings. The number of rotatable bonds is 5. The minimum atomic E-state index is -3.48. The van der Waals surface area contributed by atoms with Gasteiger partial charge in [0.1, 0.15) is 4.90 Å². The summed E-state index contributed by atoms with van der Waals surface area (Å²) in [7, 11) is -1.93. The molecule has 1 aromatic rings. The van der Waals surface area contributed by atoms with E-state index in [4.69, 9.17) is 5.73 Å². The smallest absolute Gasteiger partial charge is 0.245 e. The van der Waals surface area contributed by atoms with Crippen LogP contribution in [0, 0.1) is 0 Å². The highest BCUT2D eigenvalue weighted by atomic mass is 32.2. The fourth-order valence-electron chi connectivity index (χ4n) is 1.14. The molecule has 16 heavy (non-hydrogen) atoms. The Morgan fingerprint density at radius 2 is 1.94 bits per heavy atom. The molecule has 0 unspecified atom stereocenters. The van der Waals surface area contributed by atoms with Gasteiger partial charge in [-0.25, -0.2) is 22.7 Å². The SMILES string of the molecule is CCCCN(C)S(=O)(=O)c1cnc(N)nc1. The van der Waals surface area contributed by atoms with Crippen LogP contribution in [0.5, 0.6) is 0 Å². The second-order valence-electron chi connectivity index (χ2n) is 3.46. The molecule has 0 aliphatic heterocycles. The molecule has 0 aliphatic carbocycles. The maximum absolute atomic E-state index is 12.0. The van der Waals surface area contributed by atoms with E-state index in [2.05, 4.69) is 9.97 Å². The van der Waals surface area contributed by atoms with Gasteiger partial charge in [-0.1, -0.05) is 13.3 Å². The van der Waals surface area contributed by atoms with Gasteiger partial charge in [0.05, 0.1) is 12.4 Å². The highest BCUT2D eigenvalue weighted by Gasteiger charge is 2.20. The summed E-state index contributed by atoms with van der Waals surface area (Å²) in [6, 6.07) is 0. The van der Waals surface area contributed by atoms with Crippen LogP contribution < -0.4 is 5.73 Å². The number of sulfonamides is 1. The monoisotopic (exact) mass is 244 g/mol. The van der Waals surface area contributed by atoms with Gasteiger partial charge in [0.2, 0.25) is 16.0 Å². The van der Waals surface area contributed by atoms with Crippen molar-refractivity contribution in [1.29, 1.82) is 0 Å². The lowest BCUT2D eigenvalue weighted by Crippen LogP contribution is -2.28. The van der Waals surface area contributed by atoms with E-state index in [0.717, 1.165) is 12.8 Å². The molecule has 1 aromatic heterocycles. The third kappa shape index (κ3) is 2.89. The van der Waals surface area contributed by atoms with Crippen LogP contribution in [-0.4, -0.2) is 36.3 Å². The van der Waals surface area contributed by atoms with Crippen molar-refractivity contribution < 1.29 is 8.42 Å². The molecule has 0 bridgehead atoms. The van der Waals surface area contributed by atoms with Crippen molar-refractivity contribution in [1.82, 2.24) is 14.3 Å². The molecule has 0 saturated heterocycles.